The van der Waals surface area contributed by atoms with Gasteiger partial charge < -0.3 is 29.4 Å². The largest absolute Gasteiger partial charge is 0.495 e. The zero-order valence-electron chi connectivity index (χ0n) is 30.5. The second-order valence-electron chi connectivity index (χ2n) is 16.1. The number of aryl methyl sites for hydroxylation is 1. The number of aromatic nitrogens is 1. The van der Waals surface area contributed by atoms with Crippen molar-refractivity contribution in [3.63, 3.8) is 0 Å². The van der Waals surface area contributed by atoms with E-state index in [1.807, 2.05) is 48.2 Å². The summed E-state index contributed by atoms with van der Waals surface area (Å²) in [5, 5.41) is 12.4. The minimum Gasteiger partial charge on any atom is -0.495 e. The molecule has 5 aliphatic rings. The van der Waals surface area contributed by atoms with E-state index < -0.39 is 11.6 Å². The normalized spacial score (nSPS) is 30.0. The molecule has 6 atom stereocenters. The third kappa shape index (κ3) is 5.44. The highest BCUT2D eigenvalue weighted by molar-refractivity contribution is 6.02. The Morgan fingerprint density at radius 2 is 1.78 bits per heavy atom. The highest BCUT2D eigenvalue weighted by atomic mass is 16.5. The smallest absolute Gasteiger partial charge is 0.320 e. The van der Waals surface area contributed by atoms with E-state index in [4.69, 9.17) is 16.1 Å². The third-order valence-corrected chi connectivity index (χ3v) is 13.6. The van der Waals surface area contributed by atoms with Gasteiger partial charge in [-0.1, -0.05) is 25.0 Å². The molecule has 0 bridgehead atoms. The van der Waals surface area contributed by atoms with Gasteiger partial charge in [-0.3, -0.25) is 4.79 Å². The van der Waals surface area contributed by atoms with Crippen LogP contribution in [0, 0.1) is 29.6 Å². The van der Waals surface area contributed by atoms with Crippen molar-refractivity contribution in [2.45, 2.75) is 75.9 Å². The lowest BCUT2D eigenvalue weighted by Gasteiger charge is -2.52. The number of carbonyl (C=O) groups excluding carboxylic acids is 2. The van der Waals surface area contributed by atoms with E-state index in [0.29, 0.717) is 69.0 Å². The maximum Gasteiger partial charge on any atom is 0.320 e. The minimum atomic E-state index is -1.00. The molecule has 1 N–H and O–H groups in total. The van der Waals surface area contributed by atoms with Crippen molar-refractivity contribution in [2.24, 2.45) is 17.3 Å². The topological polar surface area (TPSA) is 89.5 Å². The number of Topliss-reactive ketones (excluding diaryl/α,β-unsaturated/α-hetero) is 1. The average molecular weight is 690 g/mol. The number of rotatable bonds is 5. The van der Waals surface area contributed by atoms with Gasteiger partial charge in [0.1, 0.15) is 17.0 Å². The number of ether oxygens (including phenoxy) is 1. The molecule has 9 nitrogen and oxygen atoms in total. The van der Waals surface area contributed by atoms with Crippen molar-refractivity contribution in [3.05, 3.63) is 59.3 Å². The Bertz CT molecular complexity index is 1910. The molecule has 0 radical (unpaired) electrons. The van der Waals surface area contributed by atoms with E-state index in [1.165, 1.54) is 11.1 Å². The predicted molar refractivity (Wildman–Crippen MR) is 201 cm³/mol. The summed E-state index contributed by atoms with van der Waals surface area (Å²) in [5.74, 6) is 5.01. The number of terminal acetylenes is 1. The highest BCUT2D eigenvalue weighted by Gasteiger charge is 2.61. The summed E-state index contributed by atoms with van der Waals surface area (Å²) in [7, 11) is 5.72. The first kappa shape index (κ1) is 33.8. The van der Waals surface area contributed by atoms with E-state index in [0.717, 1.165) is 66.6 Å². The van der Waals surface area contributed by atoms with Gasteiger partial charge in [-0.25, -0.2) is 9.78 Å². The molecule has 3 aromatic rings. The highest BCUT2D eigenvalue weighted by Crippen LogP contribution is 2.64. The number of methoxy groups -OCH3 is 1. The van der Waals surface area contributed by atoms with Gasteiger partial charge in [-0.2, -0.15) is 0 Å². The molecule has 8 rings (SSSR count). The fourth-order valence-corrected chi connectivity index (χ4v) is 10.5. The minimum absolute atomic E-state index is 0.0600. The number of hydrogen-bond donors (Lipinski definition) is 1. The number of pyridine rings is 1. The number of nitrogens with zero attached hydrogens (tertiary/aromatic N) is 5. The Morgan fingerprint density at radius 3 is 2.53 bits per heavy atom. The lowest BCUT2D eigenvalue weighted by atomic mass is 9.53. The number of hydrogen-bond acceptors (Lipinski definition) is 7. The predicted octanol–water partition coefficient (Wildman–Crippen LogP) is 6.12. The van der Waals surface area contributed by atoms with Crippen LogP contribution in [-0.2, 0) is 6.42 Å². The van der Waals surface area contributed by atoms with Crippen LogP contribution in [-0.4, -0.2) is 97.3 Å². The molecule has 2 aliphatic heterocycles. The number of carbonyl (C=O) groups is 2. The van der Waals surface area contributed by atoms with Crippen LogP contribution in [0.25, 0.3) is 10.9 Å². The zero-order valence-corrected chi connectivity index (χ0v) is 30.5. The van der Waals surface area contributed by atoms with Crippen molar-refractivity contribution < 1.29 is 19.4 Å². The van der Waals surface area contributed by atoms with Crippen molar-refractivity contribution in [1.82, 2.24) is 14.8 Å². The van der Waals surface area contributed by atoms with Gasteiger partial charge in [0.25, 0.3) is 0 Å². The number of likely N-dealkylation sites (tertiary alicyclic amines) is 1. The summed E-state index contributed by atoms with van der Waals surface area (Å²) in [6.45, 7) is 5.35. The summed E-state index contributed by atoms with van der Waals surface area (Å²) < 4.78 is 5.98. The van der Waals surface area contributed by atoms with Crippen LogP contribution in [0.5, 0.6) is 5.75 Å². The second kappa shape index (κ2) is 12.7. The van der Waals surface area contributed by atoms with Gasteiger partial charge in [-0.15, -0.1) is 6.42 Å². The van der Waals surface area contributed by atoms with Crippen LogP contribution >= 0.6 is 0 Å². The summed E-state index contributed by atoms with van der Waals surface area (Å²) in [4.78, 5) is 40.6. The average Bonchev–Trinajstić information content (AvgIpc) is 3.75. The molecule has 268 valence electrons. The number of benzene rings is 2. The van der Waals surface area contributed by atoms with E-state index in [9.17, 15) is 14.7 Å². The molecule has 3 heterocycles. The molecule has 4 fully saturated rings. The Kier molecular flexibility index (Phi) is 8.45. The van der Waals surface area contributed by atoms with Crippen LogP contribution in [0.15, 0.2) is 42.5 Å². The van der Waals surface area contributed by atoms with E-state index in [-0.39, 0.29) is 17.2 Å². The molecule has 2 saturated carbocycles. The van der Waals surface area contributed by atoms with Crippen molar-refractivity contribution >= 4 is 34.1 Å². The lowest BCUT2D eigenvalue weighted by Crippen LogP contribution is -2.55. The Morgan fingerprint density at radius 1 is 1.00 bits per heavy atom. The van der Waals surface area contributed by atoms with Crippen molar-refractivity contribution in [1.29, 1.82) is 0 Å². The Labute approximate surface area is 301 Å². The first-order valence-electron chi connectivity index (χ1n) is 18.9. The zero-order chi connectivity index (χ0) is 35.7. The fourth-order valence-electron chi connectivity index (χ4n) is 10.5. The van der Waals surface area contributed by atoms with Gasteiger partial charge >= 0.3 is 6.03 Å². The third-order valence-electron chi connectivity index (χ3n) is 13.6. The van der Waals surface area contributed by atoms with Gasteiger partial charge in [0.05, 0.1) is 24.4 Å². The lowest BCUT2D eigenvalue weighted by molar-refractivity contribution is -0.0646. The molecule has 2 saturated heterocycles. The molecule has 2 amide bonds. The summed E-state index contributed by atoms with van der Waals surface area (Å²) in [6, 6.07) is 13.9. The van der Waals surface area contributed by atoms with Crippen LogP contribution in [0.2, 0.25) is 0 Å². The monoisotopic (exact) mass is 689 g/mol. The molecule has 51 heavy (non-hydrogen) atoms. The van der Waals surface area contributed by atoms with Gasteiger partial charge in [0.2, 0.25) is 5.78 Å². The van der Waals surface area contributed by atoms with E-state index >= 15 is 0 Å². The first-order valence-corrected chi connectivity index (χ1v) is 18.9. The standard InChI is InChI=1S/C42H51N5O4/c1-6-42(50)18-16-33-31-13-10-28-24-38(51-5)37(26-32(28)30(31)15-17-41(33,42)2)45-20-22-46(23-21-45)40(49)47-19-7-8-36(47)39(48)34-14-11-27-9-12-29(44(3)4)25-35(27)43-34/h1,9,11-12,14,24-26,30-31,33,36,50H,7-8,10,13,15-23H2,2-5H3/t30-,31+,33-,36+,41-,42-/m0/s1. The SMILES string of the molecule is C#C[C@]1(O)CC[C@H]2[C@@H]3CCc4cc(OC)c(N5CCN(C(=O)N6CCC[C@@H]6C(=O)c6ccc7ccc(N(C)C)cc7n6)CC5)cc4[C@H]3CC[C@@]21C. The fraction of sp³-hybridized carbons (Fsp3) is 0.548. The van der Waals surface area contributed by atoms with Crippen LogP contribution < -0.4 is 14.5 Å². The molecule has 0 spiro atoms. The maximum atomic E-state index is 14.0. The van der Waals surface area contributed by atoms with Crippen LogP contribution in [0.4, 0.5) is 16.2 Å². The number of anilines is 2. The van der Waals surface area contributed by atoms with Crippen molar-refractivity contribution in [3.8, 4) is 18.1 Å². The number of piperazine rings is 1. The van der Waals surface area contributed by atoms with Gasteiger partial charge in [-0.05, 0) is 111 Å². The van der Waals surface area contributed by atoms with E-state index in [2.05, 4.69) is 29.9 Å². The van der Waals surface area contributed by atoms with Crippen LogP contribution in [0.3, 0.4) is 0 Å². The molecule has 9 heteroatoms. The van der Waals surface area contributed by atoms with E-state index in [1.54, 1.807) is 18.1 Å². The second-order valence-corrected chi connectivity index (χ2v) is 16.1. The number of urea groups is 1. The Balaban J connectivity index is 0.964. The number of ketones is 1. The molecule has 3 aliphatic carbocycles. The van der Waals surface area contributed by atoms with Crippen molar-refractivity contribution in [2.75, 3.05) is 63.7 Å². The van der Waals surface area contributed by atoms with Gasteiger partial charge in [0.15, 0.2) is 0 Å². The molecule has 2 aromatic carbocycles. The van der Waals surface area contributed by atoms with Crippen LogP contribution in [0.1, 0.15) is 79.4 Å². The summed E-state index contributed by atoms with van der Waals surface area (Å²) in [5.41, 5.74) is 4.90. The Hall–Kier alpha value is -4.29. The van der Waals surface area contributed by atoms with Gasteiger partial charge in [0, 0.05) is 63.3 Å². The molecule has 1 aromatic heterocycles. The molecular formula is C42H51N5O4. The summed E-state index contributed by atoms with van der Waals surface area (Å²) >= 11 is 0. The number of amides is 2. The quantitative estimate of drug-likeness (QED) is 0.255. The number of aliphatic hydroxyl groups is 1. The molecular weight excluding hydrogens is 638 g/mol. The molecule has 0 unspecified atom stereocenters. The summed E-state index contributed by atoms with van der Waals surface area (Å²) in [6.07, 6.45) is 13.2. The first-order chi connectivity index (χ1) is 24.5. The number of fused-ring (bicyclic) bond motifs is 6. The maximum absolute atomic E-state index is 14.0.